The standard InChI is InChI=1S/C28H25Cl2N3O5/c1-3-4-15-38-22-8-6-5-7-20(22)32-26(34)17-9-12-19(13-10-17)31-25-24(30)27(35)33(28(25)36)21-16-18(29)11-14-23(21)37-2/h5-14,16,31H,3-4,15H2,1-2H3,(H,32,34). The Morgan fingerprint density at radius 2 is 1.68 bits per heavy atom. The minimum absolute atomic E-state index is 0.103. The van der Waals surface area contributed by atoms with Crippen molar-refractivity contribution in [2.75, 3.05) is 29.3 Å². The van der Waals surface area contributed by atoms with Crippen molar-refractivity contribution in [1.29, 1.82) is 0 Å². The van der Waals surface area contributed by atoms with Crippen molar-refractivity contribution in [3.63, 3.8) is 0 Å². The van der Waals surface area contributed by atoms with Crippen LogP contribution in [-0.4, -0.2) is 31.4 Å². The number of nitrogens with one attached hydrogen (secondary N) is 2. The maximum absolute atomic E-state index is 13.1. The van der Waals surface area contributed by atoms with Crippen LogP contribution in [0.25, 0.3) is 0 Å². The van der Waals surface area contributed by atoms with Crippen LogP contribution in [0, 0.1) is 0 Å². The smallest absolute Gasteiger partial charge is 0.283 e. The second-order valence-corrected chi connectivity index (χ2v) is 9.12. The van der Waals surface area contributed by atoms with Gasteiger partial charge in [-0.15, -0.1) is 0 Å². The molecule has 0 saturated carbocycles. The lowest BCUT2D eigenvalue weighted by Gasteiger charge is -2.18. The number of carbonyl (C=O) groups is 3. The molecule has 0 fully saturated rings. The zero-order valence-corrected chi connectivity index (χ0v) is 22.2. The Bertz CT molecular complexity index is 1410. The van der Waals surface area contributed by atoms with Crippen LogP contribution < -0.4 is 25.0 Å². The van der Waals surface area contributed by atoms with Crippen LogP contribution in [0.5, 0.6) is 11.5 Å². The predicted molar refractivity (Wildman–Crippen MR) is 148 cm³/mol. The van der Waals surface area contributed by atoms with Crippen LogP contribution in [0.2, 0.25) is 5.02 Å². The van der Waals surface area contributed by atoms with Gasteiger partial charge in [0.1, 0.15) is 22.2 Å². The molecule has 8 nitrogen and oxygen atoms in total. The lowest BCUT2D eigenvalue weighted by atomic mass is 10.1. The second kappa shape index (κ2) is 12.0. The van der Waals surface area contributed by atoms with E-state index in [0.29, 0.717) is 34.3 Å². The molecule has 0 atom stereocenters. The number of ether oxygens (including phenoxy) is 2. The molecule has 4 rings (SSSR count). The van der Waals surface area contributed by atoms with Gasteiger partial charge in [-0.25, -0.2) is 4.90 Å². The molecule has 3 aromatic carbocycles. The number of carbonyl (C=O) groups excluding carboxylic acids is 3. The monoisotopic (exact) mass is 553 g/mol. The lowest BCUT2D eigenvalue weighted by molar-refractivity contribution is -0.120. The number of hydrogen-bond donors (Lipinski definition) is 2. The summed E-state index contributed by atoms with van der Waals surface area (Å²) in [6, 6.07) is 18.2. The maximum atomic E-state index is 13.1. The quantitative estimate of drug-likeness (QED) is 0.228. The molecular weight excluding hydrogens is 529 g/mol. The van der Waals surface area contributed by atoms with Gasteiger partial charge in [-0.1, -0.05) is 48.7 Å². The van der Waals surface area contributed by atoms with E-state index >= 15 is 0 Å². The minimum atomic E-state index is -0.712. The lowest BCUT2D eigenvalue weighted by Crippen LogP contribution is -2.32. The SMILES string of the molecule is CCCCOc1ccccc1NC(=O)c1ccc(NC2=C(Cl)C(=O)N(c3cc(Cl)ccc3OC)C2=O)cc1. The summed E-state index contributed by atoms with van der Waals surface area (Å²) >= 11 is 12.3. The summed E-state index contributed by atoms with van der Waals surface area (Å²) in [5.74, 6) is -0.821. The zero-order chi connectivity index (χ0) is 27.2. The fourth-order valence-electron chi connectivity index (χ4n) is 3.73. The number of methoxy groups -OCH3 is 1. The summed E-state index contributed by atoms with van der Waals surface area (Å²) in [7, 11) is 1.42. The fourth-order valence-corrected chi connectivity index (χ4v) is 4.11. The Hall–Kier alpha value is -4.01. The molecule has 0 bridgehead atoms. The maximum Gasteiger partial charge on any atom is 0.283 e. The molecule has 10 heteroatoms. The van der Waals surface area contributed by atoms with Crippen molar-refractivity contribution in [2.24, 2.45) is 0 Å². The number of nitrogens with zero attached hydrogens (tertiary/aromatic N) is 1. The van der Waals surface area contributed by atoms with E-state index in [1.807, 2.05) is 12.1 Å². The first-order valence-electron chi connectivity index (χ1n) is 11.9. The van der Waals surface area contributed by atoms with Gasteiger partial charge in [-0.3, -0.25) is 14.4 Å². The molecule has 0 aliphatic carbocycles. The number of benzene rings is 3. The Morgan fingerprint density at radius 3 is 2.39 bits per heavy atom. The first kappa shape index (κ1) is 27.0. The van der Waals surface area contributed by atoms with E-state index in [9.17, 15) is 14.4 Å². The third-order valence-electron chi connectivity index (χ3n) is 5.72. The molecule has 3 aromatic rings. The van der Waals surface area contributed by atoms with Crippen LogP contribution >= 0.6 is 23.2 Å². The molecule has 0 radical (unpaired) electrons. The Balaban J connectivity index is 1.47. The minimum Gasteiger partial charge on any atom is -0.495 e. The number of unbranched alkanes of at least 4 members (excludes halogenated alkanes) is 1. The van der Waals surface area contributed by atoms with Crippen LogP contribution in [0.1, 0.15) is 30.1 Å². The molecule has 3 amide bonds. The van der Waals surface area contributed by atoms with E-state index in [1.54, 1.807) is 48.5 Å². The third kappa shape index (κ3) is 5.77. The molecule has 0 saturated heterocycles. The number of amides is 3. The van der Waals surface area contributed by atoms with Gasteiger partial charge in [0, 0.05) is 16.3 Å². The number of imide groups is 1. The number of hydrogen-bond acceptors (Lipinski definition) is 6. The molecule has 2 N–H and O–H groups in total. The predicted octanol–water partition coefficient (Wildman–Crippen LogP) is 6.22. The molecule has 1 heterocycles. The van der Waals surface area contributed by atoms with Crippen molar-refractivity contribution in [1.82, 2.24) is 0 Å². The summed E-state index contributed by atoms with van der Waals surface area (Å²) in [6.07, 6.45) is 1.92. The van der Waals surface area contributed by atoms with Gasteiger partial charge in [0.2, 0.25) is 0 Å². The van der Waals surface area contributed by atoms with Crippen molar-refractivity contribution < 1.29 is 23.9 Å². The largest absolute Gasteiger partial charge is 0.495 e. The van der Waals surface area contributed by atoms with Crippen molar-refractivity contribution in [3.8, 4) is 11.5 Å². The van der Waals surface area contributed by atoms with Crippen LogP contribution in [0.3, 0.4) is 0 Å². The molecule has 0 unspecified atom stereocenters. The molecule has 1 aliphatic rings. The van der Waals surface area contributed by atoms with Crippen LogP contribution in [0.15, 0.2) is 77.5 Å². The topological polar surface area (TPSA) is 97.0 Å². The molecule has 1 aliphatic heterocycles. The third-order valence-corrected chi connectivity index (χ3v) is 6.30. The highest BCUT2D eigenvalue weighted by molar-refractivity contribution is 6.53. The van der Waals surface area contributed by atoms with E-state index < -0.39 is 11.8 Å². The van der Waals surface area contributed by atoms with E-state index in [4.69, 9.17) is 32.7 Å². The van der Waals surface area contributed by atoms with E-state index in [-0.39, 0.29) is 28.1 Å². The normalized spacial score (nSPS) is 13.1. The Labute approximate surface area is 230 Å². The highest BCUT2D eigenvalue weighted by Crippen LogP contribution is 2.37. The van der Waals surface area contributed by atoms with E-state index in [1.165, 1.54) is 13.2 Å². The van der Waals surface area contributed by atoms with Gasteiger partial charge in [0.05, 0.1) is 25.1 Å². The number of para-hydroxylation sites is 2. The van der Waals surface area contributed by atoms with Crippen molar-refractivity contribution in [2.45, 2.75) is 19.8 Å². The summed E-state index contributed by atoms with van der Waals surface area (Å²) in [5.41, 5.74) is 1.49. The first-order chi connectivity index (χ1) is 18.3. The van der Waals surface area contributed by atoms with Gasteiger partial charge in [-0.05, 0) is 61.0 Å². The molecule has 0 aromatic heterocycles. The highest BCUT2D eigenvalue weighted by atomic mass is 35.5. The van der Waals surface area contributed by atoms with Gasteiger partial charge in [0.15, 0.2) is 0 Å². The summed E-state index contributed by atoms with van der Waals surface area (Å²) in [6.45, 7) is 2.64. The van der Waals surface area contributed by atoms with Gasteiger partial charge in [-0.2, -0.15) is 0 Å². The first-order valence-corrected chi connectivity index (χ1v) is 12.6. The fraction of sp³-hybridized carbons (Fsp3) is 0.179. The average molecular weight is 554 g/mol. The number of halogens is 2. The Kier molecular flexibility index (Phi) is 8.55. The highest BCUT2D eigenvalue weighted by Gasteiger charge is 2.40. The zero-order valence-electron chi connectivity index (χ0n) is 20.7. The van der Waals surface area contributed by atoms with Crippen LogP contribution in [0.4, 0.5) is 17.1 Å². The second-order valence-electron chi connectivity index (χ2n) is 8.31. The number of anilines is 3. The van der Waals surface area contributed by atoms with E-state index in [2.05, 4.69) is 17.6 Å². The van der Waals surface area contributed by atoms with Crippen molar-refractivity contribution >= 4 is 58.0 Å². The van der Waals surface area contributed by atoms with Gasteiger partial charge in [0.25, 0.3) is 17.7 Å². The summed E-state index contributed by atoms with van der Waals surface area (Å²) in [4.78, 5) is 39.7. The molecule has 38 heavy (non-hydrogen) atoms. The Morgan fingerprint density at radius 1 is 0.947 bits per heavy atom. The molecule has 0 spiro atoms. The summed E-state index contributed by atoms with van der Waals surface area (Å²) in [5, 5.41) is 5.79. The molecule has 196 valence electrons. The summed E-state index contributed by atoms with van der Waals surface area (Å²) < 4.78 is 11.1. The van der Waals surface area contributed by atoms with Gasteiger partial charge < -0.3 is 20.1 Å². The molecular formula is C28H25Cl2N3O5. The average Bonchev–Trinajstić information content (AvgIpc) is 3.12. The van der Waals surface area contributed by atoms with E-state index in [0.717, 1.165) is 17.7 Å². The number of rotatable bonds is 10. The van der Waals surface area contributed by atoms with Crippen LogP contribution in [-0.2, 0) is 9.59 Å². The van der Waals surface area contributed by atoms with Gasteiger partial charge >= 0.3 is 0 Å². The van der Waals surface area contributed by atoms with Crippen molar-refractivity contribution in [3.05, 3.63) is 88.0 Å².